The third-order valence-electron chi connectivity index (χ3n) is 2.87. The van der Waals surface area contributed by atoms with Gasteiger partial charge in [-0.1, -0.05) is 12.2 Å². The van der Waals surface area contributed by atoms with E-state index in [4.69, 9.17) is 10.2 Å². The zero-order valence-electron chi connectivity index (χ0n) is 8.84. The first-order valence-electron chi connectivity index (χ1n) is 5.27. The molecule has 1 fully saturated rings. The summed E-state index contributed by atoms with van der Waals surface area (Å²) in [7, 11) is 1.63. The largest absolute Gasteiger partial charge is 0.481 e. The average molecular weight is 212 g/mol. The first-order valence-corrected chi connectivity index (χ1v) is 5.27. The maximum absolute atomic E-state index is 10.6. The third-order valence-corrected chi connectivity index (χ3v) is 2.87. The molecule has 84 valence electrons. The fourth-order valence-electron chi connectivity index (χ4n) is 2.12. The Morgan fingerprint density at radius 2 is 2.20 bits per heavy atom. The van der Waals surface area contributed by atoms with E-state index in [0.717, 1.165) is 6.42 Å². The first-order chi connectivity index (χ1) is 7.00. The second-order valence-corrected chi connectivity index (χ2v) is 4.21. The molecule has 0 heterocycles. The number of aliphatic hydroxyl groups is 2. The summed E-state index contributed by atoms with van der Waals surface area (Å²) in [6.45, 7) is 0. The van der Waals surface area contributed by atoms with Gasteiger partial charge in [-0.15, -0.1) is 0 Å². The Balaban J connectivity index is 2.60. The number of carboxylic acid groups (broad SMARTS) is 1. The van der Waals surface area contributed by atoms with Gasteiger partial charge in [0.05, 0.1) is 6.10 Å². The van der Waals surface area contributed by atoms with E-state index in [-0.39, 0.29) is 18.3 Å². The molecular weight excluding hydrogens is 195 g/mol. The molecule has 1 rings (SSSR count). The van der Waals surface area contributed by atoms with Crippen molar-refractivity contribution in [1.82, 2.24) is 0 Å². The van der Waals surface area contributed by atoms with Gasteiger partial charge in [0.1, 0.15) is 7.85 Å². The second kappa shape index (κ2) is 5.33. The minimum Gasteiger partial charge on any atom is -0.481 e. The van der Waals surface area contributed by atoms with Gasteiger partial charge < -0.3 is 15.3 Å². The third kappa shape index (κ3) is 3.68. The summed E-state index contributed by atoms with van der Waals surface area (Å²) in [5.74, 6) is -0.965. The summed E-state index contributed by atoms with van der Waals surface area (Å²) in [6.07, 6.45) is 4.36. The number of aliphatic hydroxyl groups excluding tert-OH is 2. The van der Waals surface area contributed by atoms with Crippen LogP contribution in [0.1, 0.15) is 19.3 Å². The van der Waals surface area contributed by atoms with E-state index in [0.29, 0.717) is 6.42 Å². The van der Waals surface area contributed by atoms with E-state index in [2.05, 4.69) is 0 Å². The monoisotopic (exact) mass is 212 g/mol. The smallest absolute Gasteiger partial charge is 0.303 e. The van der Waals surface area contributed by atoms with Crippen LogP contribution in [0.2, 0.25) is 0 Å². The van der Waals surface area contributed by atoms with E-state index in [1.807, 2.05) is 0 Å². The highest BCUT2D eigenvalue weighted by atomic mass is 16.4. The van der Waals surface area contributed by atoms with Crippen LogP contribution in [-0.4, -0.2) is 41.2 Å². The molecule has 0 aromatic rings. The van der Waals surface area contributed by atoms with Crippen molar-refractivity contribution in [3.8, 4) is 0 Å². The average Bonchev–Trinajstić information content (AvgIpc) is 2.43. The van der Waals surface area contributed by atoms with Crippen molar-refractivity contribution in [2.24, 2.45) is 11.8 Å². The van der Waals surface area contributed by atoms with Gasteiger partial charge in [0.15, 0.2) is 0 Å². The quantitative estimate of drug-likeness (QED) is 0.427. The molecule has 4 atom stereocenters. The molecule has 0 aliphatic heterocycles. The van der Waals surface area contributed by atoms with Crippen molar-refractivity contribution < 1.29 is 20.1 Å². The number of carbonyl (C=O) groups is 1. The normalized spacial score (nSPS) is 33.3. The molecule has 0 bridgehead atoms. The van der Waals surface area contributed by atoms with Gasteiger partial charge in [-0.05, 0) is 18.8 Å². The molecule has 0 saturated heterocycles. The van der Waals surface area contributed by atoms with Crippen LogP contribution in [0.25, 0.3) is 0 Å². The second-order valence-electron chi connectivity index (χ2n) is 4.21. The van der Waals surface area contributed by atoms with Crippen molar-refractivity contribution >= 4 is 13.8 Å². The minimum absolute atomic E-state index is 0.00694. The Labute approximate surface area is 90.0 Å². The van der Waals surface area contributed by atoms with Gasteiger partial charge in [0.2, 0.25) is 0 Å². The number of carboxylic acids is 1. The number of hydrogen-bond donors (Lipinski definition) is 3. The Kier molecular flexibility index (Phi) is 4.35. The van der Waals surface area contributed by atoms with Crippen molar-refractivity contribution in [3.63, 3.8) is 0 Å². The summed E-state index contributed by atoms with van der Waals surface area (Å²) in [5, 5.41) is 27.4. The first kappa shape index (κ1) is 12.3. The Hall–Kier alpha value is -0.805. The lowest BCUT2D eigenvalue weighted by Gasteiger charge is -2.17. The predicted octanol–water partition coefficient (Wildman–Crippen LogP) is -0.644. The van der Waals surface area contributed by atoms with Crippen molar-refractivity contribution in [2.75, 3.05) is 0 Å². The summed E-state index contributed by atoms with van der Waals surface area (Å²) < 4.78 is 0. The lowest BCUT2D eigenvalue weighted by Crippen LogP contribution is -2.19. The van der Waals surface area contributed by atoms with Gasteiger partial charge in [-0.25, -0.2) is 0 Å². The van der Waals surface area contributed by atoms with Crippen molar-refractivity contribution in [3.05, 3.63) is 12.2 Å². The summed E-state index contributed by atoms with van der Waals surface area (Å²) in [5.41, 5.74) is 0. The molecular formula is C10H17BO4. The summed E-state index contributed by atoms with van der Waals surface area (Å²) >= 11 is 0. The predicted molar refractivity (Wildman–Crippen MR) is 58.2 cm³/mol. The fourth-order valence-corrected chi connectivity index (χ4v) is 2.12. The van der Waals surface area contributed by atoms with Gasteiger partial charge in [-0.2, -0.15) is 0 Å². The molecule has 5 heteroatoms. The molecule has 4 nitrogen and oxygen atoms in total. The fraction of sp³-hybridized carbons (Fsp3) is 0.700. The topological polar surface area (TPSA) is 77.8 Å². The molecule has 1 saturated carbocycles. The Morgan fingerprint density at radius 1 is 1.53 bits per heavy atom. The number of rotatable bonds is 4. The SMILES string of the molecule is BC(O)/C=C/[C@@H]1[C@@H](CC(=O)O)CC[C@H]1O. The molecule has 15 heavy (non-hydrogen) atoms. The highest BCUT2D eigenvalue weighted by molar-refractivity contribution is 6.12. The van der Waals surface area contributed by atoms with E-state index in [9.17, 15) is 9.90 Å². The van der Waals surface area contributed by atoms with Gasteiger partial charge >= 0.3 is 5.97 Å². The number of hydrogen-bond acceptors (Lipinski definition) is 3. The van der Waals surface area contributed by atoms with Crippen molar-refractivity contribution in [2.45, 2.75) is 31.4 Å². The maximum atomic E-state index is 10.6. The number of aliphatic carboxylic acids is 1. The Bertz CT molecular complexity index is 252. The zero-order chi connectivity index (χ0) is 11.4. The minimum atomic E-state index is -0.829. The summed E-state index contributed by atoms with van der Waals surface area (Å²) in [4.78, 5) is 10.6. The molecule has 0 spiro atoms. The van der Waals surface area contributed by atoms with E-state index >= 15 is 0 Å². The van der Waals surface area contributed by atoms with Crippen molar-refractivity contribution in [1.29, 1.82) is 0 Å². The van der Waals surface area contributed by atoms with Crippen LogP contribution in [0.3, 0.4) is 0 Å². The van der Waals surface area contributed by atoms with Gasteiger partial charge in [-0.3, -0.25) is 4.79 Å². The molecule has 0 radical (unpaired) electrons. The Morgan fingerprint density at radius 3 is 2.73 bits per heavy atom. The van der Waals surface area contributed by atoms with E-state index < -0.39 is 18.1 Å². The van der Waals surface area contributed by atoms with E-state index in [1.54, 1.807) is 20.0 Å². The van der Waals surface area contributed by atoms with Gasteiger partial charge in [0.25, 0.3) is 0 Å². The van der Waals surface area contributed by atoms with Crippen LogP contribution in [0, 0.1) is 11.8 Å². The maximum Gasteiger partial charge on any atom is 0.303 e. The highest BCUT2D eigenvalue weighted by Crippen LogP contribution is 2.35. The zero-order valence-corrected chi connectivity index (χ0v) is 8.84. The molecule has 0 aromatic heterocycles. The van der Waals surface area contributed by atoms with Crippen LogP contribution < -0.4 is 0 Å². The van der Waals surface area contributed by atoms with Crippen LogP contribution in [0.5, 0.6) is 0 Å². The standard InChI is InChI=1S/C10H17BO4/c11-9(13)4-2-7-6(5-10(14)15)1-3-8(7)12/h2,4,6-9,12-13H,1,3,5,11H2,(H,14,15)/b4-2+/t6-,7-,8-,9?/m1/s1. The molecule has 1 aliphatic rings. The molecule has 3 N–H and O–H groups in total. The van der Waals surface area contributed by atoms with Crippen LogP contribution in [0.15, 0.2) is 12.2 Å². The molecule has 1 aliphatic carbocycles. The van der Waals surface area contributed by atoms with Crippen LogP contribution in [0.4, 0.5) is 0 Å². The summed E-state index contributed by atoms with van der Waals surface area (Å²) in [6, 6.07) is -0.553. The van der Waals surface area contributed by atoms with Gasteiger partial charge in [0, 0.05) is 18.3 Å². The van der Waals surface area contributed by atoms with Crippen LogP contribution >= 0.6 is 0 Å². The van der Waals surface area contributed by atoms with Crippen LogP contribution in [-0.2, 0) is 4.79 Å². The molecule has 0 amide bonds. The van der Waals surface area contributed by atoms with E-state index in [1.165, 1.54) is 0 Å². The highest BCUT2D eigenvalue weighted by Gasteiger charge is 2.34. The molecule has 0 aromatic carbocycles. The lowest BCUT2D eigenvalue weighted by atomic mass is 9.89. The lowest BCUT2D eigenvalue weighted by molar-refractivity contribution is -0.138. The molecule has 1 unspecified atom stereocenters.